The number of benzene rings is 2. The van der Waals surface area contributed by atoms with Gasteiger partial charge in [0.15, 0.2) is 0 Å². The van der Waals surface area contributed by atoms with Crippen molar-refractivity contribution in [2.45, 2.75) is 45.8 Å². The lowest BCUT2D eigenvalue weighted by atomic mass is 10.1. The smallest absolute Gasteiger partial charge is 0.407 e. The summed E-state index contributed by atoms with van der Waals surface area (Å²) in [6, 6.07) is 13.8. The van der Waals surface area contributed by atoms with E-state index in [2.05, 4.69) is 16.0 Å². The summed E-state index contributed by atoms with van der Waals surface area (Å²) in [5.41, 5.74) is 2.95. The number of carbonyl (C=O) groups is 2. The highest BCUT2D eigenvalue weighted by atomic mass is 16.6. The van der Waals surface area contributed by atoms with Crippen molar-refractivity contribution in [2.75, 3.05) is 17.7 Å². The van der Waals surface area contributed by atoms with E-state index >= 15 is 0 Å². The molecule has 0 aromatic heterocycles. The maximum atomic E-state index is 12.4. The lowest BCUT2D eigenvalue weighted by molar-refractivity contribution is 0.0950. The molecule has 0 bridgehead atoms. The first-order valence-electron chi connectivity index (χ1n) is 10.0. The average Bonchev–Trinajstić information content (AvgIpc) is 2.74. The van der Waals surface area contributed by atoms with Crippen LogP contribution in [-0.2, 0) is 4.74 Å². The lowest BCUT2D eigenvalue weighted by Crippen LogP contribution is -2.31. The minimum atomic E-state index is -0.584. The van der Waals surface area contributed by atoms with E-state index in [4.69, 9.17) is 14.7 Å². The van der Waals surface area contributed by atoms with Crippen molar-refractivity contribution < 1.29 is 19.1 Å². The molecule has 3 amide bonds. The minimum Gasteiger partial charge on any atom is -0.496 e. The van der Waals surface area contributed by atoms with Gasteiger partial charge in [-0.15, -0.1) is 0 Å². The number of aryl methyl sites for hydroxylation is 1. The number of methoxy groups -OCH3 is 1. The van der Waals surface area contributed by atoms with Gasteiger partial charge < -0.3 is 25.4 Å². The van der Waals surface area contributed by atoms with E-state index in [-0.39, 0.29) is 12.5 Å². The number of amides is 3. The Morgan fingerprint density at radius 2 is 1.84 bits per heavy atom. The molecule has 8 heteroatoms. The van der Waals surface area contributed by atoms with Gasteiger partial charge in [-0.05, 0) is 49.6 Å². The number of hydrogen-bond acceptors (Lipinski definition) is 5. The highest BCUT2D eigenvalue weighted by Crippen LogP contribution is 2.23. The largest absolute Gasteiger partial charge is 0.496 e. The Bertz CT molecular complexity index is 955. The van der Waals surface area contributed by atoms with Crippen LogP contribution in [0.25, 0.3) is 0 Å². The Hall–Kier alpha value is -3.73. The Morgan fingerprint density at radius 1 is 1.13 bits per heavy atom. The zero-order chi connectivity index (χ0) is 22.8. The summed E-state index contributed by atoms with van der Waals surface area (Å²) >= 11 is 0. The fraction of sp³-hybridized carbons (Fsp3) is 0.348. The number of rotatable bonds is 8. The molecule has 0 radical (unpaired) electrons. The third-order valence-corrected chi connectivity index (χ3v) is 4.69. The fourth-order valence-corrected chi connectivity index (χ4v) is 2.89. The normalized spacial score (nSPS) is 12.1. The summed E-state index contributed by atoms with van der Waals surface area (Å²) in [7, 11) is 1.58. The summed E-state index contributed by atoms with van der Waals surface area (Å²) in [5, 5.41) is 17.1. The Labute approximate surface area is 182 Å². The fourth-order valence-electron chi connectivity index (χ4n) is 2.89. The van der Waals surface area contributed by atoms with E-state index in [0.717, 1.165) is 11.1 Å². The molecule has 2 rings (SSSR count). The maximum Gasteiger partial charge on any atom is 0.407 e. The van der Waals surface area contributed by atoms with E-state index in [1.807, 2.05) is 39.0 Å². The van der Waals surface area contributed by atoms with Crippen LogP contribution in [0.3, 0.4) is 0 Å². The van der Waals surface area contributed by atoms with Crippen LogP contribution in [0.15, 0.2) is 42.5 Å². The van der Waals surface area contributed by atoms with Crippen molar-refractivity contribution >= 4 is 23.5 Å². The molecular weight excluding hydrogens is 396 g/mol. The van der Waals surface area contributed by atoms with Crippen LogP contribution in [0, 0.1) is 18.3 Å². The molecule has 0 aliphatic rings. The molecule has 0 spiro atoms. The van der Waals surface area contributed by atoms with Crippen LogP contribution in [0.5, 0.6) is 5.75 Å². The van der Waals surface area contributed by atoms with E-state index in [1.54, 1.807) is 37.4 Å². The second-order valence-corrected chi connectivity index (χ2v) is 7.05. The zero-order valence-corrected chi connectivity index (χ0v) is 18.2. The summed E-state index contributed by atoms with van der Waals surface area (Å²) in [6.45, 7) is 5.58. The van der Waals surface area contributed by atoms with Crippen molar-refractivity contribution in [3.05, 3.63) is 53.6 Å². The number of carbonyl (C=O) groups excluding carboxylic acids is 2. The number of urea groups is 1. The molecule has 31 heavy (non-hydrogen) atoms. The number of alkyl carbamates (subject to hydrolysis) is 1. The van der Waals surface area contributed by atoms with E-state index in [0.29, 0.717) is 23.5 Å². The molecule has 1 unspecified atom stereocenters. The third-order valence-electron chi connectivity index (χ3n) is 4.69. The van der Waals surface area contributed by atoms with Crippen molar-refractivity contribution in [3.8, 4) is 11.8 Å². The first-order chi connectivity index (χ1) is 14.9. The lowest BCUT2D eigenvalue weighted by Gasteiger charge is -2.18. The SMILES string of the molecule is CCC(CC#N)OC(=O)N[C@@H](C)c1cccc(NC(=O)Nc2ccc(C)c(OC)c2)c1. The molecule has 3 N–H and O–H groups in total. The van der Waals surface area contributed by atoms with Gasteiger partial charge in [0.25, 0.3) is 0 Å². The summed E-state index contributed by atoms with van der Waals surface area (Å²) in [4.78, 5) is 24.4. The summed E-state index contributed by atoms with van der Waals surface area (Å²) < 4.78 is 10.5. The number of anilines is 2. The monoisotopic (exact) mass is 424 g/mol. The molecule has 0 aliphatic carbocycles. The Balaban J connectivity index is 1.97. The zero-order valence-electron chi connectivity index (χ0n) is 18.2. The Kier molecular flexibility index (Phi) is 8.70. The number of hydrogen-bond donors (Lipinski definition) is 3. The molecule has 2 aromatic carbocycles. The molecule has 0 aliphatic heterocycles. The van der Waals surface area contributed by atoms with Crippen LogP contribution >= 0.6 is 0 Å². The van der Waals surface area contributed by atoms with Gasteiger partial charge in [0.2, 0.25) is 0 Å². The first kappa shape index (κ1) is 23.5. The predicted octanol–water partition coefficient (Wildman–Crippen LogP) is 5.13. The van der Waals surface area contributed by atoms with Crippen molar-refractivity contribution in [3.63, 3.8) is 0 Å². The van der Waals surface area contributed by atoms with Crippen molar-refractivity contribution in [1.29, 1.82) is 5.26 Å². The van der Waals surface area contributed by atoms with Gasteiger partial charge in [-0.2, -0.15) is 5.26 Å². The van der Waals surface area contributed by atoms with Gasteiger partial charge in [-0.3, -0.25) is 0 Å². The summed E-state index contributed by atoms with van der Waals surface area (Å²) in [5.74, 6) is 0.687. The van der Waals surface area contributed by atoms with E-state index in [9.17, 15) is 9.59 Å². The van der Waals surface area contributed by atoms with Crippen LogP contribution in [0.1, 0.15) is 43.9 Å². The van der Waals surface area contributed by atoms with E-state index in [1.165, 1.54) is 0 Å². The number of nitriles is 1. The third kappa shape index (κ3) is 7.23. The van der Waals surface area contributed by atoms with Crippen molar-refractivity contribution in [2.24, 2.45) is 0 Å². The number of nitrogens with zero attached hydrogens (tertiary/aromatic N) is 1. The van der Waals surface area contributed by atoms with Crippen LogP contribution in [0.2, 0.25) is 0 Å². The predicted molar refractivity (Wildman–Crippen MR) is 119 cm³/mol. The summed E-state index contributed by atoms with van der Waals surface area (Å²) in [6.07, 6.45) is -0.301. The molecule has 2 aromatic rings. The van der Waals surface area contributed by atoms with Gasteiger partial charge in [-0.1, -0.05) is 25.1 Å². The second-order valence-electron chi connectivity index (χ2n) is 7.05. The van der Waals surface area contributed by atoms with Crippen LogP contribution < -0.4 is 20.7 Å². The molecule has 0 heterocycles. The molecule has 2 atom stereocenters. The highest BCUT2D eigenvalue weighted by molar-refractivity contribution is 5.99. The Morgan fingerprint density at radius 3 is 2.48 bits per heavy atom. The van der Waals surface area contributed by atoms with Crippen LogP contribution in [-0.4, -0.2) is 25.3 Å². The topological polar surface area (TPSA) is 112 Å². The first-order valence-corrected chi connectivity index (χ1v) is 10.0. The van der Waals surface area contributed by atoms with Gasteiger partial charge in [0, 0.05) is 17.4 Å². The number of nitrogens with one attached hydrogen (secondary N) is 3. The maximum absolute atomic E-state index is 12.4. The highest BCUT2D eigenvalue weighted by Gasteiger charge is 2.16. The van der Waals surface area contributed by atoms with Gasteiger partial charge in [-0.25, -0.2) is 9.59 Å². The van der Waals surface area contributed by atoms with Gasteiger partial charge in [0.05, 0.1) is 25.6 Å². The molecule has 8 nitrogen and oxygen atoms in total. The average molecular weight is 425 g/mol. The molecule has 0 saturated heterocycles. The van der Waals surface area contributed by atoms with Crippen LogP contribution in [0.4, 0.5) is 21.0 Å². The van der Waals surface area contributed by atoms with Crippen molar-refractivity contribution in [1.82, 2.24) is 5.32 Å². The molecule has 164 valence electrons. The van der Waals surface area contributed by atoms with Gasteiger partial charge >= 0.3 is 12.1 Å². The quantitative estimate of drug-likeness (QED) is 0.544. The minimum absolute atomic E-state index is 0.152. The standard InChI is InChI=1S/C23H28N4O4/c1-5-20(11-12-24)31-23(29)25-16(3)17-7-6-8-18(13-17)26-22(28)27-19-10-9-15(2)21(14-19)30-4/h6-10,13-14,16,20H,5,11H2,1-4H3,(H,25,29)(H2,26,27,28)/t16-,20?/m0/s1. The van der Waals surface area contributed by atoms with E-state index < -0.39 is 18.2 Å². The molecule has 0 saturated carbocycles. The molecular formula is C23H28N4O4. The molecule has 0 fully saturated rings. The second kappa shape index (κ2) is 11.5. The number of ether oxygens (including phenoxy) is 2. The van der Waals surface area contributed by atoms with Gasteiger partial charge in [0.1, 0.15) is 11.9 Å².